The van der Waals surface area contributed by atoms with E-state index >= 15 is 0 Å². The van der Waals surface area contributed by atoms with Gasteiger partial charge in [0.15, 0.2) is 0 Å². The highest BCUT2D eigenvalue weighted by Crippen LogP contribution is 2.16. The fourth-order valence-electron chi connectivity index (χ4n) is 1.89. The van der Waals surface area contributed by atoms with Gasteiger partial charge >= 0.3 is 6.03 Å². The molecule has 2 amide bonds. The van der Waals surface area contributed by atoms with Crippen molar-refractivity contribution in [3.05, 3.63) is 23.5 Å². The molecule has 16 heavy (non-hydrogen) atoms. The molecule has 1 aliphatic heterocycles. The summed E-state index contributed by atoms with van der Waals surface area (Å²) in [6, 6.07) is 2.02. The number of aromatic nitrogens is 1. The van der Waals surface area contributed by atoms with E-state index in [1.54, 1.807) is 7.11 Å². The van der Waals surface area contributed by atoms with Crippen molar-refractivity contribution in [1.29, 1.82) is 0 Å². The van der Waals surface area contributed by atoms with E-state index in [1.165, 1.54) is 11.3 Å². The van der Waals surface area contributed by atoms with Crippen LogP contribution in [0.3, 0.4) is 0 Å². The molecule has 2 N–H and O–H groups in total. The van der Waals surface area contributed by atoms with Crippen LogP contribution >= 0.6 is 0 Å². The van der Waals surface area contributed by atoms with E-state index in [2.05, 4.69) is 10.3 Å². The molecule has 1 aliphatic rings. The summed E-state index contributed by atoms with van der Waals surface area (Å²) in [4.78, 5) is 16.8. The largest absolute Gasteiger partial charge is 0.383 e. The molecule has 0 unspecified atom stereocenters. The minimum atomic E-state index is -0.0103. The van der Waals surface area contributed by atoms with Crippen LogP contribution in [0.4, 0.5) is 4.79 Å². The molecule has 0 radical (unpaired) electrons. The van der Waals surface area contributed by atoms with Gasteiger partial charge in [0.2, 0.25) is 0 Å². The Hall–Kier alpha value is -1.49. The molecular formula is C11H17N3O2. The first kappa shape index (κ1) is 11.0. The van der Waals surface area contributed by atoms with E-state index in [1.807, 2.05) is 17.2 Å². The predicted octanol–water partition coefficient (Wildman–Crippen LogP) is 0.729. The molecule has 0 fully saturated rings. The van der Waals surface area contributed by atoms with E-state index in [-0.39, 0.29) is 6.03 Å². The Balaban J connectivity index is 1.86. The molecule has 5 heteroatoms. The first-order valence-corrected chi connectivity index (χ1v) is 5.48. The lowest BCUT2D eigenvalue weighted by atomic mass is 10.1. The van der Waals surface area contributed by atoms with Gasteiger partial charge in [-0.3, -0.25) is 0 Å². The normalized spacial score (nSPS) is 14.7. The number of urea groups is 1. The number of ether oxygens (including phenoxy) is 1. The number of carbonyl (C=O) groups excluding carboxylic acids is 1. The Kier molecular flexibility index (Phi) is 3.46. The maximum Gasteiger partial charge on any atom is 0.317 e. The summed E-state index contributed by atoms with van der Waals surface area (Å²) in [7, 11) is 1.62. The predicted molar refractivity (Wildman–Crippen MR) is 60.2 cm³/mol. The number of nitrogens with one attached hydrogen (secondary N) is 2. The number of hydrogen-bond donors (Lipinski definition) is 2. The Morgan fingerprint density at radius 3 is 3.38 bits per heavy atom. The first-order valence-electron chi connectivity index (χ1n) is 5.48. The number of hydrogen-bond acceptors (Lipinski definition) is 2. The number of fused-ring (bicyclic) bond motifs is 1. The molecule has 1 aromatic heterocycles. The van der Waals surface area contributed by atoms with Gasteiger partial charge in [0.1, 0.15) is 0 Å². The van der Waals surface area contributed by atoms with Crippen molar-refractivity contribution >= 4 is 6.03 Å². The quantitative estimate of drug-likeness (QED) is 0.742. The van der Waals surface area contributed by atoms with Crippen LogP contribution in [0.2, 0.25) is 0 Å². The summed E-state index contributed by atoms with van der Waals surface area (Å²) in [6.07, 6.45) is 2.83. The zero-order chi connectivity index (χ0) is 11.4. The summed E-state index contributed by atoms with van der Waals surface area (Å²) in [5.74, 6) is 0. The molecule has 2 heterocycles. The lowest BCUT2D eigenvalue weighted by Gasteiger charge is -2.27. The third-order valence-electron chi connectivity index (χ3n) is 2.79. The van der Waals surface area contributed by atoms with Crippen LogP contribution in [0, 0.1) is 0 Å². The van der Waals surface area contributed by atoms with E-state index in [4.69, 9.17) is 4.74 Å². The van der Waals surface area contributed by atoms with Crippen molar-refractivity contribution in [2.45, 2.75) is 13.0 Å². The van der Waals surface area contributed by atoms with Gasteiger partial charge < -0.3 is 19.9 Å². The minimum absolute atomic E-state index is 0.0103. The second-order valence-electron chi connectivity index (χ2n) is 3.88. The monoisotopic (exact) mass is 223 g/mol. The third-order valence-corrected chi connectivity index (χ3v) is 2.79. The van der Waals surface area contributed by atoms with Crippen LogP contribution in [-0.2, 0) is 17.7 Å². The summed E-state index contributed by atoms with van der Waals surface area (Å²) in [6.45, 7) is 2.57. The average Bonchev–Trinajstić information content (AvgIpc) is 2.76. The Labute approximate surface area is 94.8 Å². The first-order chi connectivity index (χ1) is 7.81. The molecule has 0 atom stereocenters. The Morgan fingerprint density at radius 2 is 2.56 bits per heavy atom. The van der Waals surface area contributed by atoms with E-state index in [0.717, 1.165) is 13.0 Å². The van der Waals surface area contributed by atoms with Gasteiger partial charge in [-0.2, -0.15) is 0 Å². The molecule has 0 spiro atoms. The zero-order valence-corrected chi connectivity index (χ0v) is 9.45. The van der Waals surface area contributed by atoms with Crippen LogP contribution in [-0.4, -0.2) is 42.7 Å². The highest BCUT2D eigenvalue weighted by molar-refractivity contribution is 5.74. The van der Waals surface area contributed by atoms with Gasteiger partial charge in [0.05, 0.1) is 6.61 Å². The average molecular weight is 223 g/mol. The molecule has 0 bridgehead atoms. The zero-order valence-electron chi connectivity index (χ0n) is 9.45. The minimum Gasteiger partial charge on any atom is -0.383 e. The molecule has 5 nitrogen and oxygen atoms in total. The molecule has 0 saturated carbocycles. The maximum absolute atomic E-state index is 11.8. The number of carbonyl (C=O) groups is 1. The molecule has 0 aromatic carbocycles. The standard InChI is InChI=1S/C11H17N3O2/c1-16-7-5-13-11(15)14-6-3-10-9(8-14)2-4-12-10/h2,4,12H,3,5-8H2,1H3,(H,13,15). The van der Waals surface area contributed by atoms with Crippen molar-refractivity contribution < 1.29 is 9.53 Å². The summed E-state index contributed by atoms with van der Waals surface area (Å²) < 4.78 is 4.89. The highest BCUT2D eigenvalue weighted by Gasteiger charge is 2.20. The van der Waals surface area contributed by atoms with Gasteiger partial charge in [-0.1, -0.05) is 0 Å². The number of rotatable bonds is 3. The van der Waals surface area contributed by atoms with Crippen molar-refractivity contribution in [2.24, 2.45) is 0 Å². The molecule has 2 rings (SSSR count). The molecule has 88 valence electrons. The Bertz CT molecular complexity index is 362. The van der Waals surface area contributed by atoms with Crippen LogP contribution in [0.1, 0.15) is 11.3 Å². The second-order valence-corrected chi connectivity index (χ2v) is 3.88. The topological polar surface area (TPSA) is 57.4 Å². The Morgan fingerprint density at radius 1 is 1.69 bits per heavy atom. The van der Waals surface area contributed by atoms with Gasteiger partial charge in [-0.05, 0) is 11.6 Å². The number of nitrogens with zero attached hydrogens (tertiary/aromatic N) is 1. The lowest BCUT2D eigenvalue weighted by Crippen LogP contribution is -2.43. The van der Waals surface area contributed by atoms with E-state index in [0.29, 0.717) is 19.7 Å². The summed E-state index contributed by atoms with van der Waals surface area (Å²) >= 11 is 0. The SMILES string of the molecule is COCCNC(=O)N1CCc2[nH]ccc2C1. The van der Waals surface area contributed by atoms with Crippen molar-refractivity contribution in [3.63, 3.8) is 0 Å². The number of amides is 2. The summed E-state index contributed by atoms with van der Waals surface area (Å²) in [5, 5.41) is 2.83. The molecule has 1 aromatic rings. The van der Waals surface area contributed by atoms with Gasteiger partial charge in [0, 0.05) is 45.1 Å². The fourth-order valence-corrected chi connectivity index (χ4v) is 1.89. The van der Waals surface area contributed by atoms with E-state index < -0.39 is 0 Å². The van der Waals surface area contributed by atoms with Crippen LogP contribution in [0.15, 0.2) is 12.3 Å². The smallest absolute Gasteiger partial charge is 0.317 e. The molecule has 0 aliphatic carbocycles. The number of H-pyrrole nitrogens is 1. The summed E-state index contributed by atoms with van der Waals surface area (Å²) in [5.41, 5.74) is 2.47. The van der Waals surface area contributed by atoms with Gasteiger partial charge in [-0.25, -0.2) is 4.79 Å². The van der Waals surface area contributed by atoms with Crippen molar-refractivity contribution in [2.75, 3.05) is 26.8 Å². The lowest BCUT2D eigenvalue weighted by molar-refractivity contribution is 0.176. The fraction of sp³-hybridized carbons (Fsp3) is 0.545. The van der Waals surface area contributed by atoms with Crippen molar-refractivity contribution in [3.8, 4) is 0 Å². The molecule has 0 saturated heterocycles. The van der Waals surface area contributed by atoms with Gasteiger partial charge in [0.25, 0.3) is 0 Å². The highest BCUT2D eigenvalue weighted by atomic mass is 16.5. The number of methoxy groups -OCH3 is 1. The molecular weight excluding hydrogens is 206 g/mol. The van der Waals surface area contributed by atoms with Crippen LogP contribution in [0.5, 0.6) is 0 Å². The second kappa shape index (κ2) is 5.03. The van der Waals surface area contributed by atoms with Crippen molar-refractivity contribution in [1.82, 2.24) is 15.2 Å². The van der Waals surface area contributed by atoms with Crippen LogP contribution < -0.4 is 5.32 Å². The third kappa shape index (κ3) is 2.36. The number of aromatic amines is 1. The maximum atomic E-state index is 11.8. The van der Waals surface area contributed by atoms with Gasteiger partial charge in [-0.15, -0.1) is 0 Å². The van der Waals surface area contributed by atoms with Crippen LogP contribution in [0.25, 0.3) is 0 Å². The van der Waals surface area contributed by atoms with E-state index in [9.17, 15) is 4.79 Å².